The molecule has 134 valence electrons. The molecule has 1 aromatic rings. The van der Waals surface area contributed by atoms with E-state index in [1.807, 2.05) is 26.8 Å². The van der Waals surface area contributed by atoms with Crippen molar-refractivity contribution >= 4 is 17.4 Å². The van der Waals surface area contributed by atoms with Gasteiger partial charge in [0.1, 0.15) is 5.60 Å². The number of rotatable bonds is 2. The third kappa shape index (κ3) is 3.45. The van der Waals surface area contributed by atoms with Gasteiger partial charge in [-0.1, -0.05) is 6.08 Å². The third-order valence-corrected chi connectivity index (χ3v) is 4.54. The topological polar surface area (TPSA) is 92.9 Å². The Morgan fingerprint density at radius 3 is 2.64 bits per heavy atom. The van der Waals surface area contributed by atoms with E-state index in [1.54, 1.807) is 11.0 Å². The Balaban J connectivity index is 1.83. The van der Waals surface area contributed by atoms with E-state index < -0.39 is 10.5 Å². The van der Waals surface area contributed by atoms with Crippen molar-refractivity contribution in [3.63, 3.8) is 0 Å². The molecule has 2 heterocycles. The van der Waals surface area contributed by atoms with E-state index in [-0.39, 0.29) is 29.6 Å². The molecule has 2 bridgehead atoms. The summed E-state index contributed by atoms with van der Waals surface area (Å²) >= 11 is 0. The van der Waals surface area contributed by atoms with Gasteiger partial charge in [0.2, 0.25) is 0 Å². The lowest BCUT2D eigenvalue weighted by Crippen LogP contribution is -2.45. The average Bonchev–Trinajstić information content (AvgIpc) is 2.75. The minimum absolute atomic E-state index is 0.0408. The molecular weight excluding hydrogens is 324 g/mol. The first kappa shape index (κ1) is 17.3. The van der Waals surface area contributed by atoms with Gasteiger partial charge in [0.25, 0.3) is 0 Å². The lowest BCUT2D eigenvalue weighted by molar-refractivity contribution is -0.385. The van der Waals surface area contributed by atoms with E-state index in [4.69, 9.17) is 4.74 Å². The summed E-state index contributed by atoms with van der Waals surface area (Å²) in [6, 6.07) is 4.39. The predicted molar refractivity (Wildman–Crippen MR) is 92.2 cm³/mol. The first-order valence-corrected chi connectivity index (χ1v) is 8.35. The third-order valence-electron chi connectivity index (χ3n) is 4.54. The lowest BCUT2D eigenvalue weighted by Gasteiger charge is -2.35. The highest BCUT2D eigenvalue weighted by Crippen LogP contribution is 2.40. The summed E-state index contributed by atoms with van der Waals surface area (Å²) < 4.78 is 5.50. The van der Waals surface area contributed by atoms with E-state index in [2.05, 4.69) is 0 Å². The Bertz CT molecular complexity index is 750. The summed E-state index contributed by atoms with van der Waals surface area (Å²) in [5.41, 5.74) is 0.907. The van der Waals surface area contributed by atoms with Crippen LogP contribution >= 0.6 is 0 Å². The molecular formula is C18H22N2O5. The first-order valence-electron chi connectivity index (χ1n) is 8.35. The van der Waals surface area contributed by atoms with Crippen molar-refractivity contribution < 1.29 is 19.6 Å². The molecule has 3 rings (SSSR count). The molecule has 0 aliphatic carbocycles. The number of hydrogen-bond acceptors (Lipinski definition) is 5. The maximum atomic E-state index is 12.5. The van der Waals surface area contributed by atoms with Crippen LogP contribution in [0.4, 0.5) is 10.5 Å². The number of aromatic hydroxyl groups is 1. The summed E-state index contributed by atoms with van der Waals surface area (Å²) in [6.07, 6.45) is 4.11. The molecule has 7 heteroatoms. The number of nitro groups is 1. The molecule has 2 aliphatic heterocycles. The highest BCUT2D eigenvalue weighted by atomic mass is 16.6. The Morgan fingerprint density at radius 2 is 2.08 bits per heavy atom. The van der Waals surface area contributed by atoms with Gasteiger partial charge in [0.05, 0.1) is 11.0 Å². The number of nitrogens with zero attached hydrogens (tertiary/aromatic N) is 2. The fourth-order valence-corrected chi connectivity index (χ4v) is 3.52. The zero-order valence-electron chi connectivity index (χ0n) is 14.6. The van der Waals surface area contributed by atoms with Gasteiger partial charge in [-0.25, -0.2) is 4.79 Å². The molecule has 0 spiro atoms. The van der Waals surface area contributed by atoms with E-state index in [1.165, 1.54) is 12.1 Å². The van der Waals surface area contributed by atoms with Crippen molar-refractivity contribution in [2.75, 3.05) is 0 Å². The Morgan fingerprint density at radius 1 is 1.36 bits per heavy atom. The van der Waals surface area contributed by atoms with Crippen LogP contribution in [0.1, 0.15) is 45.6 Å². The maximum Gasteiger partial charge on any atom is 0.411 e. The second kappa shape index (κ2) is 6.06. The van der Waals surface area contributed by atoms with Gasteiger partial charge in [0, 0.05) is 12.1 Å². The van der Waals surface area contributed by atoms with E-state index in [0.717, 1.165) is 24.0 Å². The second-order valence-corrected chi connectivity index (χ2v) is 7.54. The quantitative estimate of drug-likeness (QED) is 0.648. The first-order chi connectivity index (χ1) is 11.7. The smallest absolute Gasteiger partial charge is 0.411 e. The Kier molecular flexibility index (Phi) is 4.18. The number of phenolic OH excluding ortho intramolecular Hbond substituents is 1. The fraction of sp³-hybridized carbons (Fsp3) is 0.500. The van der Waals surface area contributed by atoms with Crippen LogP contribution in [0, 0.1) is 10.1 Å². The summed E-state index contributed by atoms with van der Waals surface area (Å²) in [7, 11) is 0. The Hall–Kier alpha value is -2.57. The van der Waals surface area contributed by atoms with E-state index in [0.29, 0.717) is 6.42 Å². The van der Waals surface area contributed by atoms with Crippen molar-refractivity contribution in [2.45, 2.75) is 57.7 Å². The predicted octanol–water partition coefficient (Wildman–Crippen LogP) is 3.86. The molecule has 1 fully saturated rings. The van der Waals surface area contributed by atoms with Crippen molar-refractivity contribution in [1.82, 2.24) is 4.90 Å². The van der Waals surface area contributed by atoms with E-state index in [9.17, 15) is 20.0 Å². The summed E-state index contributed by atoms with van der Waals surface area (Å²) in [5.74, 6) is -0.342. The molecule has 1 N–H and O–H groups in total. The van der Waals surface area contributed by atoms with Crippen molar-refractivity contribution in [3.8, 4) is 5.75 Å². The van der Waals surface area contributed by atoms with Crippen LogP contribution in [0.15, 0.2) is 24.3 Å². The molecule has 1 amide bonds. The van der Waals surface area contributed by atoms with Crippen LogP contribution in [0.3, 0.4) is 0 Å². The SMILES string of the molecule is CC(C)(C)OC(=O)N1C2C=C(c3ccc([N+](=O)[O-])c(O)c3)CC1CC2. The number of benzene rings is 1. The lowest BCUT2D eigenvalue weighted by atomic mass is 9.94. The minimum atomic E-state index is -0.609. The number of fused-ring (bicyclic) bond motifs is 2. The molecule has 25 heavy (non-hydrogen) atoms. The van der Waals surface area contributed by atoms with Gasteiger partial charge in [-0.3, -0.25) is 15.0 Å². The van der Waals surface area contributed by atoms with Crippen LogP contribution in [-0.4, -0.2) is 38.7 Å². The molecule has 1 aromatic carbocycles. The highest BCUT2D eigenvalue weighted by Gasteiger charge is 2.41. The van der Waals surface area contributed by atoms with Crippen molar-refractivity contribution in [1.29, 1.82) is 0 Å². The van der Waals surface area contributed by atoms with Crippen LogP contribution in [0.5, 0.6) is 5.75 Å². The summed E-state index contributed by atoms with van der Waals surface area (Å²) in [4.78, 5) is 24.5. The second-order valence-electron chi connectivity index (χ2n) is 7.54. The van der Waals surface area contributed by atoms with Gasteiger partial charge in [-0.05, 0) is 63.3 Å². The normalized spacial score (nSPS) is 22.5. The van der Waals surface area contributed by atoms with Crippen molar-refractivity contribution in [3.05, 3.63) is 40.0 Å². The molecule has 0 aromatic heterocycles. The van der Waals surface area contributed by atoms with Crippen LogP contribution < -0.4 is 0 Å². The average molecular weight is 346 g/mol. The van der Waals surface area contributed by atoms with Crippen LogP contribution in [0.25, 0.3) is 5.57 Å². The molecule has 2 atom stereocenters. The van der Waals surface area contributed by atoms with Gasteiger partial charge < -0.3 is 9.84 Å². The number of hydrogen-bond donors (Lipinski definition) is 1. The number of nitro benzene ring substituents is 1. The van der Waals surface area contributed by atoms with Gasteiger partial charge in [0.15, 0.2) is 5.75 Å². The summed E-state index contributed by atoms with van der Waals surface area (Å²) in [5, 5.41) is 20.7. The fourth-order valence-electron chi connectivity index (χ4n) is 3.52. The van der Waals surface area contributed by atoms with Crippen LogP contribution in [0.2, 0.25) is 0 Å². The number of phenols is 1. The molecule has 0 saturated carbocycles. The number of amides is 1. The molecule has 1 saturated heterocycles. The monoisotopic (exact) mass is 346 g/mol. The molecule has 0 radical (unpaired) electrons. The zero-order chi connectivity index (χ0) is 18.4. The summed E-state index contributed by atoms with van der Waals surface area (Å²) in [6.45, 7) is 5.53. The maximum absolute atomic E-state index is 12.5. The number of carbonyl (C=O) groups is 1. The molecule has 2 unspecified atom stereocenters. The minimum Gasteiger partial charge on any atom is -0.502 e. The highest BCUT2D eigenvalue weighted by molar-refractivity contribution is 5.76. The number of carbonyl (C=O) groups excluding carboxylic acids is 1. The van der Waals surface area contributed by atoms with Gasteiger partial charge in [-0.15, -0.1) is 0 Å². The Labute approximate surface area is 146 Å². The molecule has 2 aliphatic rings. The molecule has 7 nitrogen and oxygen atoms in total. The van der Waals surface area contributed by atoms with Gasteiger partial charge in [-0.2, -0.15) is 0 Å². The zero-order valence-corrected chi connectivity index (χ0v) is 14.6. The van der Waals surface area contributed by atoms with Gasteiger partial charge >= 0.3 is 11.8 Å². The van der Waals surface area contributed by atoms with Crippen LogP contribution in [-0.2, 0) is 4.74 Å². The van der Waals surface area contributed by atoms with E-state index >= 15 is 0 Å². The largest absolute Gasteiger partial charge is 0.502 e. The standard InChI is InChI=1S/C18H22N2O5/c1-18(2,3)25-17(22)19-13-5-6-14(19)9-12(8-13)11-4-7-15(20(23)24)16(21)10-11/h4,7-8,10,13-14,21H,5-6,9H2,1-3H3. The van der Waals surface area contributed by atoms with Crippen molar-refractivity contribution in [2.24, 2.45) is 0 Å². The number of ether oxygens (including phenoxy) is 1.